The molecule has 1 atom stereocenters. The molecule has 2 aliphatic heterocycles. The van der Waals surface area contributed by atoms with Gasteiger partial charge in [-0.3, -0.25) is 24.8 Å². The summed E-state index contributed by atoms with van der Waals surface area (Å²) in [5.41, 5.74) is 4.93. The fourth-order valence-electron chi connectivity index (χ4n) is 6.32. The van der Waals surface area contributed by atoms with Crippen LogP contribution < -0.4 is 15.4 Å². The SMILES string of the molecule is Cc1cc2cc(n1)-c1cnn(C)c1OCCC[C@@H](C1CC1)Cn1c(nc3ccc(NC(=O)CN4CCOCC4)cc31)NC2=O. The molecule has 4 aromatic rings. The number of nitrogens with zero attached hydrogens (tertiary/aromatic N) is 6. The van der Waals surface area contributed by atoms with Crippen LogP contribution in [-0.4, -0.2) is 80.5 Å². The number of benzene rings is 1. The maximum atomic E-state index is 13.7. The molecule has 12 nitrogen and oxygen atoms in total. The lowest BCUT2D eigenvalue weighted by atomic mass is 9.97. The summed E-state index contributed by atoms with van der Waals surface area (Å²) in [4.78, 5) is 38.3. The number of fused-ring (bicyclic) bond motifs is 7. The van der Waals surface area contributed by atoms with E-state index in [-0.39, 0.29) is 11.8 Å². The van der Waals surface area contributed by atoms with Crippen LogP contribution in [0.1, 0.15) is 41.7 Å². The van der Waals surface area contributed by atoms with E-state index < -0.39 is 0 Å². The first-order valence-corrected chi connectivity index (χ1v) is 15.5. The Kier molecular flexibility index (Phi) is 7.77. The zero-order valence-electron chi connectivity index (χ0n) is 25.2. The van der Waals surface area contributed by atoms with Gasteiger partial charge in [-0.15, -0.1) is 0 Å². The Morgan fingerprint density at radius 2 is 1.91 bits per heavy atom. The molecule has 1 aliphatic carbocycles. The highest BCUT2D eigenvalue weighted by Crippen LogP contribution is 2.41. The van der Waals surface area contributed by atoms with Crippen LogP contribution in [-0.2, 0) is 23.1 Å². The molecule has 2 bridgehead atoms. The van der Waals surface area contributed by atoms with Gasteiger partial charge in [0, 0.05) is 43.6 Å². The van der Waals surface area contributed by atoms with Crippen LogP contribution >= 0.6 is 0 Å². The molecule has 5 heterocycles. The highest BCUT2D eigenvalue weighted by molar-refractivity contribution is 6.05. The third-order valence-corrected chi connectivity index (χ3v) is 8.77. The fourth-order valence-corrected chi connectivity index (χ4v) is 6.32. The number of hydrogen-bond donors (Lipinski definition) is 2. The number of nitrogens with one attached hydrogen (secondary N) is 2. The minimum absolute atomic E-state index is 0.0627. The third kappa shape index (κ3) is 6.04. The molecule has 1 aromatic carbocycles. The van der Waals surface area contributed by atoms with Crippen molar-refractivity contribution in [3.05, 3.63) is 47.8 Å². The molecular weight excluding hydrogens is 560 g/mol. The second-order valence-electron chi connectivity index (χ2n) is 12.1. The largest absolute Gasteiger partial charge is 0.477 e. The maximum Gasteiger partial charge on any atom is 0.258 e. The molecule has 2 N–H and O–H groups in total. The Balaban J connectivity index is 1.23. The fraction of sp³-hybridized carbons (Fsp3) is 0.469. The van der Waals surface area contributed by atoms with Gasteiger partial charge in [0.05, 0.1) is 54.9 Å². The molecule has 1 saturated carbocycles. The van der Waals surface area contributed by atoms with E-state index in [4.69, 9.17) is 19.4 Å². The Morgan fingerprint density at radius 3 is 2.73 bits per heavy atom. The summed E-state index contributed by atoms with van der Waals surface area (Å²) in [6, 6.07) is 9.29. The second kappa shape index (κ2) is 12.0. The number of amides is 2. The van der Waals surface area contributed by atoms with E-state index in [0.29, 0.717) is 79.2 Å². The number of pyridine rings is 1. The van der Waals surface area contributed by atoms with Crippen LogP contribution in [0.15, 0.2) is 36.5 Å². The number of ether oxygens (including phenoxy) is 2. The summed E-state index contributed by atoms with van der Waals surface area (Å²) in [6.45, 7) is 6.24. The van der Waals surface area contributed by atoms with Crippen molar-refractivity contribution < 1.29 is 19.1 Å². The predicted octanol–water partition coefficient (Wildman–Crippen LogP) is 3.86. The molecule has 230 valence electrons. The molecule has 44 heavy (non-hydrogen) atoms. The molecule has 2 fully saturated rings. The maximum absolute atomic E-state index is 13.7. The minimum atomic E-state index is -0.267. The molecule has 2 amide bonds. The molecule has 0 unspecified atom stereocenters. The van der Waals surface area contributed by atoms with Crippen molar-refractivity contribution >= 4 is 34.5 Å². The third-order valence-electron chi connectivity index (χ3n) is 8.77. The van der Waals surface area contributed by atoms with E-state index in [1.165, 1.54) is 12.8 Å². The molecule has 0 spiro atoms. The van der Waals surface area contributed by atoms with Crippen molar-refractivity contribution in [3.8, 4) is 17.1 Å². The average Bonchev–Trinajstić information content (AvgIpc) is 3.71. The smallest absolute Gasteiger partial charge is 0.258 e. The number of aromatic nitrogens is 5. The topological polar surface area (TPSA) is 128 Å². The molecule has 0 radical (unpaired) electrons. The van der Waals surface area contributed by atoms with Gasteiger partial charge in [-0.25, -0.2) is 9.67 Å². The van der Waals surface area contributed by atoms with Crippen LogP contribution in [0, 0.1) is 18.8 Å². The van der Waals surface area contributed by atoms with Crippen molar-refractivity contribution in [2.24, 2.45) is 18.9 Å². The number of hydrogen-bond acceptors (Lipinski definition) is 8. The Bertz CT molecular complexity index is 1700. The first-order valence-electron chi connectivity index (χ1n) is 15.5. The van der Waals surface area contributed by atoms with Gasteiger partial charge in [0.25, 0.3) is 5.91 Å². The van der Waals surface area contributed by atoms with E-state index in [1.54, 1.807) is 23.0 Å². The Hall–Kier alpha value is -4.29. The average molecular weight is 599 g/mol. The van der Waals surface area contributed by atoms with Gasteiger partial charge in [-0.05, 0) is 74.8 Å². The van der Waals surface area contributed by atoms with Crippen LogP contribution in [0.3, 0.4) is 0 Å². The van der Waals surface area contributed by atoms with Gasteiger partial charge in [-0.1, -0.05) is 0 Å². The number of morpholine rings is 1. The normalized spacial score (nSPS) is 19.7. The number of anilines is 2. The monoisotopic (exact) mass is 598 g/mol. The lowest BCUT2D eigenvalue weighted by molar-refractivity contribution is -0.118. The molecule has 12 heteroatoms. The summed E-state index contributed by atoms with van der Waals surface area (Å²) in [5, 5.41) is 10.6. The lowest BCUT2D eigenvalue weighted by Gasteiger charge is -2.25. The summed E-state index contributed by atoms with van der Waals surface area (Å²) in [6.07, 6.45) is 6.00. The summed E-state index contributed by atoms with van der Waals surface area (Å²) < 4.78 is 15.5. The van der Waals surface area contributed by atoms with E-state index in [0.717, 1.165) is 42.5 Å². The molecule has 7 rings (SSSR count). The number of carbonyl (C=O) groups is 2. The van der Waals surface area contributed by atoms with Gasteiger partial charge in [0.1, 0.15) is 0 Å². The van der Waals surface area contributed by atoms with E-state index in [1.807, 2.05) is 32.2 Å². The lowest BCUT2D eigenvalue weighted by Crippen LogP contribution is -2.41. The van der Waals surface area contributed by atoms with Gasteiger partial charge in [0.15, 0.2) is 0 Å². The van der Waals surface area contributed by atoms with E-state index >= 15 is 0 Å². The zero-order chi connectivity index (χ0) is 30.2. The van der Waals surface area contributed by atoms with Crippen molar-refractivity contribution in [2.75, 3.05) is 50.1 Å². The first kappa shape index (κ1) is 28.5. The van der Waals surface area contributed by atoms with Gasteiger partial charge in [0.2, 0.25) is 17.7 Å². The molecule has 1 saturated heterocycles. The summed E-state index contributed by atoms with van der Waals surface area (Å²) in [5.74, 6) is 1.83. The predicted molar refractivity (Wildman–Crippen MR) is 166 cm³/mol. The van der Waals surface area contributed by atoms with Gasteiger partial charge in [-0.2, -0.15) is 5.10 Å². The van der Waals surface area contributed by atoms with Crippen LogP contribution in [0.5, 0.6) is 5.88 Å². The molecule has 3 aromatic heterocycles. The highest BCUT2D eigenvalue weighted by atomic mass is 16.5. The molecule has 3 aliphatic rings. The minimum Gasteiger partial charge on any atom is -0.477 e. The highest BCUT2D eigenvalue weighted by Gasteiger charge is 2.32. The standard InChI is InChI=1S/C32H38N8O4/c1-20-14-23-15-27(34-20)25-17-33-38(2)31(25)44-11-3-4-22(21-5-6-21)18-40-28-16-24(7-8-26(28)36-32(40)37-30(23)42)35-29(41)19-39-9-12-43-13-10-39/h7-8,14-17,21-22H,3-6,9-13,18-19H2,1-2H3,(H,35,41)(H,36,37,42)/t22-/m1/s1. The summed E-state index contributed by atoms with van der Waals surface area (Å²) in [7, 11) is 1.85. The number of carbonyl (C=O) groups excluding carboxylic acids is 2. The van der Waals surface area contributed by atoms with E-state index in [9.17, 15) is 9.59 Å². The first-order chi connectivity index (χ1) is 21.4. The quantitative estimate of drug-likeness (QED) is 0.363. The number of rotatable bonds is 4. The Morgan fingerprint density at radius 1 is 1.07 bits per heavy atom. The van der Waals surface area contributed by atoms with Crippen molar-refractivity contribution in [1.82, 2.24) is 29.2 Å². The van der Waals surface area contributed by atoms with Crippen molar-refractivity contribution in [3.63, 3.8) is 0 Å². The van der Waals surface area contributed by atoms with Crippen molar-refractivity contribution in [1.29, 1.82) is 0 Å². The van der Waals surface area contributed by atoms with Gasteiger partial charge < -0.3 is 19.4 Å². The van der Waals surface area contributed by atoms with Crippen LogP contribution in [0.4, 0.5) is 11.6 Å². The zero-order valence-corrected chi connectivity index (χ0v) is 25.2. The van der Waals surface area contributed by atoms with Crippen LogP contribution in [0.2, 0.25) is 0 Å². The second-order valence-corrected chi connectivity index (χ2v) is 12.1. The van der Waals surface area contributed by atoms with Crippen LogP contribution in [0.25, 0.3) is 22.3 Å². The summed E-state index contributed by atoms with van der Waals surface area (Å²) >= 11 is 0. The van der Waals surface area contributed by atoms with Crippen molar-refractivity contribution in [2.45, 2.75) is 39.2 Å². The Labute approximate surface area is 255 Å². The van der Waals surface area contributed by atoms with Gasteiger partial charge >= 0.3 is 0 Å². The van der Waals surface area contributed by atoms with E-state index in [2.05, 4.69) is 25.2 Å². The number of imidazole rings is 1. The molecular formula is C32H38N8O4. The number of aryl methyl sites for hydroxylation is 2.